The maximum atomic E-state index is 6.25. The predicted molar refractivity (Wildman–Crippen MR) is 80.2 cm³/mol. The zero-order valence-corrected chi connectivity index (χ0v) is 12.8. The lowest BCUT2D eigenvalue weighted by Gasteiger charge is -2.42. The molecule has 0 spiro atoms. The maximum Gasteiger partial charge on any atom is 0.0337 e. The molecule has 2 saturated heterocycles. The zero-order valence-electron chi connectivity index (χ0n) is 12.8. The average Bonchev–Trinajstić information content (AvgIpc) is 2.88. The second-order valence-corrected chi connectivity index (χ2v) is 7.90. The fourth-order valence-electron chi connectivity index (χ4n) is 4.85. The Morgan fingerprint density at radius 3 is 2.58 bits per heavy atom. The van der Waals surface area contributed by atoms with Crippen LogP contribution in [0.15, 0.2) is 0 Å². The van der Waals surface area contributed by atoms with Gasteiger partial charge >= 0.3 is 0 Å². The molecule has 3 rings (SSSR count). The summed E-state index contributed by atoms with van der Waals surface area (Å²) >= 11 is 0. The molecule has 2 heterocycles. The van der Waals surface area contributed by atoms with Crippen molar-refractivity contribution in [2.24, 2.45) is 11.1 Å². The molecular weight excluding hydrogens is 234 g/mol. The van der Waals surface area contributed by atoms with Gasteiger partial charge in [0, 0.05) is 31.2 Å². The number of rotatable bonds is 2. The summed E-state index contributed by atoms with van der Waals surface area (Å²) in [5, 5.41) is 0. The fraction of sp³-hybridized carbons (Fsp3) is 1.00. The second kappa shape index (κ2) is 5.01. The molecular formula is C16H31N3. The molecule has 1 aliphatic carbocycles. The van der Waals surface area contributed by atoms with E-state index < -0.39 is 0 Å². The molecule has 0 bridgehead atoms. The molecule has 3 fully saturated rings. The number of nitrogens with zero attached hydrogens (tertiary/aromatic N) is 2. The SMILES string of the molecule is CC1(C)CCC(CN)(N2CCCN3CCCC3C2)C1. The van der Waals surface area contributed by atoms with E-state index in [1.165, 1.54) is 64.7 Å². The van der Waals surface area contributed by atoms with E-state index in [2.05, 4.69) is 23.6 Å². The second-order valence-electron chi connectivity index (χ2n) is 7.90. The summed E-state index contributed by atoms with van der Waals surface area (Å²) in [6, 6.07) is 0.814. The van der Waals surface area contributed by atoms with Crippen molar-refractivity contribution in [3.63, 3.8) is 0 Å². The molecule has 0 radical (unpaired) electrons. The summed E-state index contributed by atoms with van der Waals surface area (Å²) in [4.78, 5) is 5.52. The number of nitrogens with two attached hydrogens (primary N) is 1. The Morgan fingerprint density at radius 1 is 1.11 bits per heavy atom. The van der Waals surface area contributed by atoms with Crippen LogP contribution in [0.4, 0.5) is 0 Å². The van der Waals surface area contributed by atoms with Crippen molar-refractivity contribution in [2.45, 2.75) is 64.0 Å². The number of fused-ring (bicyclic) bond motifs is 1. The van der Waals surface area contributed by atoms with E-state index in [0.29, 0.717) is 11.0 Å². The van der Waals surface area contributed by atoms with E-state index in [-0.39, 0.29) is 0 Å². The standard InChI is InChI=1S/C16H31N3/c1-15(2)6-7-16(12-15,13-17)19-10-4-9-18-8-3-5-14(18)11-19/h14H,3-13,17H2,1-2H3. The van der Waals surface area contributed by atoms with Crippen molar-refractivity contribution in [1.82, 2.24) is 9.80 Å². The highest BCUT2D eigenvalue weighted by Gasteiger charge is 2.47. The van der Waals surface area contributed by atoms with Crippen molar-refractivity contribution in [3.8, 4) is 0 Å². The summed E-state index contributed by atoms with van der Waals surface area (Å²) in [5.74, 6) is 0. The molecule has 3 nitrogen and oxygen atoms in total. The quantitative estimate of drug-likeness (QED) is 0.829. The Kier molecular flexibility index (Phi) is 3.65. The van der Waals surface area contributed by atoms with E-state index in [0.717, 1.165) is 12.6 Å². The van der Waals surface area contributed by atoms with Crippen LogP contribution in [0.25, 0.3) is 0 Å². The summed E-state index contributed by atoms with van der Waals surface area (Å²) < 4.78 is 0. The van der Waals surface area contributed by atoms with E-state index in [1.54, 1.807) is 0 Å². The van der Waals surface area contributed by atoms with Gasteiger partial charge in [0.05, 0.1) is 0 Å². The topological polar surface area (TPSA) is 32.5 Å². The van der Waals surface area contributed by atoms with Gasteiger partial charge in [0.15, 0.2) is 0 Å². The van der Waals surface area contributed by atoms with Crippen LogP contribution in [0.1, 0.15) is 52.4 Å². The van der Waals surface area contributed by atoms with Gasteiger partial charge in [-0.2, -0.15) is 0 Å². The minimum atomic E-state index is 0.308. The van der Waals surface area contributed by atoms with Gasteiger partial charge in [-0.1, -0.05) is 13.8 Å². The molecule has 0 aromatic carbocycles. The highest BCUT2D eigenvalue weighted by atomic mass is 15.3. The van der Waals surface area contributed by atoms with Gasteiger partial charge in [-0.05, 0) is 57.0 Å². The summed E-state index contributed by atoms with van der Waals surface area (Å²) in [7, 11) is 0. The van der Waals surface area contributed by atoms with Gasteiger partial charge < -0.3 is 5.73 Å². The highest BCUT2D eigenvalue weighted by Crippen LogP contribution is 2.46. The van der Waals surface area contributed by atoms with Crippen LogP contribution in [0.3, 0.4) is 0 Å². The molecule has 3 heteroatoms. The minimum Gasteiger partial charge on any atom is -0.329 e. The van der Waals surface area contributed by atoms with E-state index >= 15 is 0 Å². The first-order valence-corrected chi connectivity index (χ1v) is 8.24. The maximum absolute atomic E-state index is 6.25. The van der Waals surface area contributed by atoms with E-state index in [1.807, 2.05) is 0 Å². The van der Waals surface area contributed by atoms with Crippen LogP contribution in [0.5, 0.6) is 0 Å². The zero-order chi connectivity index (χ0) is 13.5. The highest BCUT2D eigenvalue weighted by molar-refractivity contribution is 5.04. The molecule has 0 aromatic heterocycles. The predicted octanol–water partition coefficient (Wildman–Crippen LogP) is 2.06. The monoisotopic (exact) mass is 265 g/mol. The lowest BCUT2D eigenvalue weighted by Crippen LogP contribution is -2.55. The van der Waals surface area contributed by atoms with E-state index in [9.17, 15) is 0 Å². The number of hydrogen-bond donors (Lipinski definition) is 1. The summed E-state index contributed by atoms with van der Waals surface area (Å²) in [6.45, 7) is 10.9. The van der Waals surface area contributed by atoms with Gasteiger partial charge in [-0.25, -0.2) is 0 Å². The Bertz CT molecular complexity index is 328. The van der Waals surface area contributed by atoms with Crippen molar-refractivity contribution >= 4 is 0 Å². The molecule has 3 aliphatic rings. The van der Waals surface area contributed by atoms with Gasteiger partial charge in [0.1, 0.15) is 0 Å². The summed E-state index contributed by atoms with van der Waals surface area (Å²) in [6.07, 6.45) is 8.08. The van der Waals surface area contributed by atoms with Crippen molar-refractivity contribution in [1.29, 1.82) is 0 Å². The molecule has 2 unspecified atom stereocenters. The van der Waals surface area contributed by atoms with Crippen LogP contribution in [0, 0.1) is 5.41 Å². The van der Waals surface area contributed by atoms with Crippen LogP contribution >= 0.6 is 0 Å². The molecule has 19 heavy (non-hydrogen) atoms. The molecule has 1 saturated carbocycles. The average molecular weight is 265 g/mol. The van der Waals surface area contributed by atoms with Crippen LogP contribution in [-0.4, -0.2) is 54.1 Å². The Balaban J connectivity index is 1.76. The third kappa shape index (κ3) is 2.57. The van der Waals surface area contributed by atoms with E-state index in [4.69, 9.17) is 5.73 Å². The lowest BCUT2D eigenvalue weighted by atomic mass is 9.86. The smallest absolute Gasteiger partial charge is 0.0337 e. The van der Waals surface area contributed by atoms with Crippen molar-refractivity contribution in [3.05, 3.63) is 0 Å². The largest absolute Gasteiger partial charge is 0.329 e. The Hall–Kier alpha value is -0.120. The molecule has 2 atom stereocenters. The molecule has 2 aliphatic heterocycles. The molecule has 2 N–H and O–H groups in total. The third-order valence-corrected chi connectivity index (χ3v) is 5.93. The Labute approximate surface area is 118 Å². The first kappa shape index (κ1) is 13.8. The van der Waals surface area contributed by atoms with Gasteiger partial charge in [-0.15, -0.1) is 0 Å². The molecule has 0 aromatic rings. The van der Waals surface area contributed by atoms with Gasteiger partial charge in [-0.3, -0.25) is 9.80 Å². The Morgan fingerprint density at radius 2 is 1.89 bits per heavy atom. The minimum absolute atomic E-state index is 0.308. The fourth-order valence-corrected chi connectivity index (χ4v) is 4.85. The summed E-state index contributed by atoms with van der Waals surface area (Å²) in [5.41, 5.74) is 7.05. The van der Waals surface area contributed by atoms with Crippen LogP contribution < -0.4 is 5.73 Å². The molecule has 110 valence electrons. The van der Waals surface area contributed by atoms with Crippen LogP contribution in [0.2, 0.25) is 0 Å². The first-order valence-electron chi connectivity index (χ1n) is 8.24. The molecule has 0 amide bonds. The van der Waals surface area contributed by atoms with Crippen molar-refractivity contribution in [2.75, 3.05) is 32.7 Å². The lowest BCUT2D eigenvalue weighted by molar-refractivity contribution is 0.0801. The normalized spacial score (nSPS) is 40.3. The van der Waals surface area contributed by atoms with Crippen LogP contribution in [-0.2, 0) is 0 Å². The van der Waals surface area contributed by atoms with Gasteiger partial charge in [0.2, 0.25) is 0 Å². The van der Waals surface area contributed by atoms with Gasteiger partial charge in [0.25, 0.3) is 0 Å². The number of hydrogen-bond acceptors (Lipinski definition) is 3. The first-order chi connectivity index (χ1) is 9.05. The third-order valence-electron chi connectivity index (χ3n) is 5.93. The van der Waals surface area contributed by atoms with Crippen molar-refractivity contribution < 1.29 is 0 Å².